The average Bonchev–Trinajstić information content (AvgIpc) is 2.51. The molecule has 15 heavy (non-hydrogen) atoms. The van der Waals surface area contributed by atoms with E-state index in [4.69, 9.17) is 0 Å². The predicted octanol–water partition coefficient (Wildman–Crippen LogP) is 4.60. The van der Waals surface area contributed by atoms with E-state index in [1.54, 1.807) is 0 Å². The first-order chi connectivity index (χ1) is 6.96. The zero-order valence-electron chi connectivity index (χ0n) is 9.93. The van der Waals surface area contributed by atoms with Crippen molar-refractivity contribution in [2.24, 2.45) is 5.41 Å². The molecule has 0 saturated heterocycles. The summed E-state index contributed by atoms with van der Waals surface area (Å²) in [4.78, 5) is 1.41. The molecular formula is C12H20BrNS. The van der Waals surface area contributed by atoms with Gasteiger partial charge in [-0.25, -0.2) is 0 Å². The van der Waals surface area contributed by atoms with Gasteiger partial charge in [-0.15, -0.1) is 11.3 Å². The maximum absolute atomic E-state index is 3.63. The molecule has 86 valence electrons. The average molecular weight is 290 g/mol. The van der Waals surface area contributed by atoms with Gasteiger partial charge in [0.1, 0.15) is 0 Å². The van der Waals surface area contributed by atoms with Crippen molar-refractivity contribution < 1.29 is 0 Å². The molecule has 0 aliphatic carbocycles. The molecule has 0 aliphatic heterocycles. The Balaban J connectivity index is 2.87. The van der Waals surface area contributed by atoms with Crippen LogP contribution in [0.15, 0.2) is 15.9 Å². The van der Waals surface area contributed by atoms with Crippen LogP contribution in [0.4, 0.5) is 0 Å². The first kappa shape index (κ1) is 13.2. The molecule has 1 rings (SSSR count). The van der Waals surface area contributed by atoms with E-state index >= 15 is 0 Å². The summed E-state index contributed by atoms with van der Waals surface area (Å²) in [6.07, 6.45) is 1.18. The fourth-order valence-corrected chi connectivity index (χ4v) is 3.51. The van der Waals surface area contributed by atoms with Crippen molar-refractivity contribution in [3.8, 4) is 0 Å². The van der Waals surface area contributed by atoms with Gasteiger partial charge < -0.3 is 5.32 Å². The molecule has 0 amide bonds. The fourth-order valence-electron chi connectivity index (χ4n) is 1.59. The molecule has 0 aromatic carbocycles. The summed E-state index contributed by atoms with van der Waals surface area (Å²) >= 11 is 5.45. The molecular weight excluding hydrogens is 270 g/mol. The Morgan fingerprint density at radius 2 is 2.13 bits per heavy atom. The minimum Gasteiger partial charge on any atom is -0.309 e. The largest absolute Gasteiger partial charge is 0.309 e. The molecule has 3 heteroatoms. The maximum Gasteiger partial charge on any atom is 0.0475 e. The quantitative estimate of drug-likeness (QED) is 0.854. The maximum atomic E-state index is 3.63. The van der Waals surface area contributed by atoms with Gasteiger partial charge in [-0.3, -0.25) is 0 Å². The summed E-state index contributed by atoms with van der Waals surface area (Å²) < 4.78 is 1.23. The molecule has 1 unspecified atom stereocenters. The Bertz CT molecular complexity index is 301. The van der Waals surface area contributed by atoms with Gasteiger partial charge in [0.25, 0.3) is 0 Å². The second kappa shape index (κ2) is 5.46. The standard InChI is InChI=1S/C12H20BrNS/c1-5-7-14-11(12(2,3)4)10-9(13)6-8-15-10/h6,8,11,14H,5,7H2,1-4H3. The van der Waals surface area contributed by atoms with Crippen molar-refractivity contribution >= 4 is 27.3 Å². The fraction of sp³-hybridized carbons (Fsp3) is 0.667. The van der Waals surface area contributed by atoms with E-state index < -0.39 is 0 Å². The topological polar surface area (TPSA) is 12.0 Å². The van der Waals surface area contributed by atoms with Crippen LogP contribution >= 0.6 is 27.3 Å². The normalized spacial score (nSPS) is 14.2. The minimum atomic E-state index is 0.253. The number of rotatable bonds is 4. The Kier molecular flexibility index (Phi) is 4.81. The van der Waals surface area contributed by atoms with Crippen molar-refractivity contribution in [2.75, 3.05) is 6.54 Å². The summed E-state index contributed by atoms with van der Waals surface area (Å²) in [7, 11) is 0. The van der Waals surface area contributed by atoms with Crippen LogP contribution in [-0.2, 0) is 0 Å². The summed E-state index contributed by atoms with van der Waals surface area (Å²) in [5, 5.41) is 5.78. The van der Waals surface area contributed by atoms with Crippen molar-refractivity contribution in [3.05, 3.63) is 20.8 Å². The third-order valence-electron chi connectivity index (χ3n) is 2.37. The SMILES string of the molecule is CCCNC(c1sccc1Br)C(C)(C)C. The predicted molar refractivity (Wildman–Crippen MR) is 72.5 cm³/mol. The van der Waals surface area contributed by atoms with Crippen molar-refractivity contribution in [3.63, 3.8) is 0 Å². The van der Waals surface area contributed by atoms with Crippen molar-refractivity contribution in [1.82, 2.24) is 5.32 Å². The summed E-state index contributed by atoms with van der Waals surface area (Å²) in [5.41, 5.74) is 0.253. The Labute approximate surface area is 105 Å². The second-order valence-corrected chi connectivity index (χ2v) is 6.69. The van der Waals surface area contributed by atoms with Gasteiger partial charge >= 0.3 is 0 Å². The monoisotopic (exact) mass is 289 g/mol. The highest BCUT2D eigenvalue weighted by molar-refractivity contribution is 9.10. The van der Waals surface area contributed by atoms with E-state index in [1.807, 2.05) is 11.3 Å². The molecule has 0 spiro atoms. The molecule has 1 aromatic rings. The number of nitrogens with one attached hydrogen (secondary N) is 1. The lowest BCUT2D eigenvalue weighted by Gasteiger charge is -2.31. The lowest BCUT2D eigenvalue weighted by Crippen LogP contribution is -2.32. The van der Waals surface area contributed by atoms with Crippen molar-refractivity contribution in [2.45, 2.75) is 40.2 Å². The zero-order valence-corrected chi connectivity index (χ0v) is 12.3. The molecule has 1 N–H and O–H groups in total. The summed E-state index contributed by atoms with van der Waals surface area (Å²) in [6, 6.07) is 2.57. The molecule has 0 radical (unpaired) electrons. The molecule has 0 bridgehead atoms. The van der Waals surface area contributed by atoms with E-state index in [2.05, 4.69) is 60.4 Å². The van der Waals surface area contributed by atoms with Crippen LogP contribution < -0.4 is 5.32 Å². The van der Waals surface area contributed by atoms with Crippen LogP contribution in [0.1, 0.15) is 45.0 Å². The van der Waals surface area contributed by atoms with Gasteiger partial charge in [0.15, 0.2) is 0 Å². The smallest absolute Gasteiger partial charge is 0.0475 e. The van der Waals surface area contributed by atoms with E-state index in [0.29, 0.717) is 6.04 Å². The van der Waals surface area contributed by atoms with Gasteiger partial charge in [0.2, 0.25) is 0 Å². The van der Waals surface area contributed by atoms with E-state index in [-0.39, 0.29) is 5.41 Å². The number of halogens is 1. The van der Waals surface area contributed by atoms with Crippen molar-refractivity contribution in [1.29, 1.82) is 0 Å². The zero-order chi connectivity index (χ0) is 11.5. The van der Waals surface area contributed by atoms with E-state index in [1.165, 1.54) is 15.8 Å². The Morgan fingerprint density at radius 1 is 1.47 bits per heavy atom. The molecule has 0 saturated carbocycles. The third kappa shape index (κ3) is 3.58. The highest BCUT2D eigenvalue weighted by Gasteiger charge is 2.27. The lowest BCUT2D eigenvalue weighted by atomic mass is 9.85. The van der Waals surface area contributed by atoms with Gasteiger partial charge in [-0.1, -0.05) is 27.7 Å². The summed E-state index contributed by atoms with van der Waals surface area (Å²) in [5.74, 6) is 0. The second-order valence-electron chi connectivity index (χ2n) is 4.89. The van der Waals surface area contributed by atoms with Crippen LogP contribution in [0.25, 0.3) is 0 Å². The number of thiophene rings is 1. The van der Waals surface area contributed by atoms with Gasteiger partial charge in [0.05, 0.1) is 0 Å². The van der Waals surface area contributed by atoms with Gasteiger partial charge in [-0.2, -0.15) is 0 Å². The Morgan fingerprint density at radius 3 is 2.53 bits per heavy atom. The summed E-state index contributed by atoms with van der Waals surface area (Å²) in [6.45, 7) is 10.1. The number of hydrogen-bond acceptors (Lipinski definition) is 2. The molecule has 1 nitrogen and oxygen atoms in total. The molecule has 1 heterocycles. The van der Waals surface area contributed by atoms with Crippen LogP contribution in [-0.4, -0.2) is 6.54 Å². The van der Waals surface area contributed by atoms with E-state index in [9.17, 15) is 0 Å². The highest BCUT2D eigenvalue weighted by atomic mass is 79.9. The highest BCUT2D eigenvalue weighted by Crippen LogP contribution is 2.39. The molecule has 1 atom stereocenters. The molecule has 0 aliphatic rings. The van der Waals surface area contributed by atoms with Crippen LogP contribution in [0, 0.1) is 5.41 Å². The Hall–Kier alpha value is 0.140. The minimum absolute atomic E-state index is 0.253. The molecule has 0 fully saturated rings. The third-order valence-corrected chi connectivity index (χ3v) is 4.31. The van der Waals surface area contributed by atoms with Gasteiger partial charge in [-0.05, 0) is 45.8 Å². The first-order valence-electron chi connectivity index (χ1n) is 5.43. The molecule has 1 aromatic heterocycles. The lowest BCUT2D eigenvalue weighted by molar-refractivity contribution is 0.276. The van der Waals surface area contributed by atoms with Crippen LogP contribution in [0.5, 0.6) is 0 Å². The van der Waals surface area contributed by atoms with Crippen LogP contribution in [0.2, 0.25) is 0 Å². The van der Waals surface area contributed by atoms with Gasteiger partial charge in [0, 0.05) is 15.4 Å². The van der Waals surface area contributed by atoms with E-state index in [0.717, 1.165) is 6.54 Å². The first-order valence-corrected chi connectivity index (χ1v) is 7.10. The van der Waals surface area contributed by atoms with Crippen LogP contribution in [0.3, 0.4) is 0 Å². The number of hydrogen-bond donors (Lipinski definition) is 1.